The summed E-state index contributed by atoms with van der Waals surface area (Å²) in [6.07, 6.45) is 5.62. The lowest BCUT2D eigenvalue weighted by Gasteiger charge is -2.25. The average molecular weight is 511 g/mol. The first kappa shape index (κ1) is 26.3. The SMILES string of the molecule is COc1ncccc1Nc1cc(N(C)C(=O)OC(C)(C)C)n2ncc(C(=O)CC3CCC[C@H](O)C3)c2n1. The fourth-order valence-corrected chi connectivity index (χ4v) is 4.48. The van der Waals surface area contributed by atoms with Crippen LogP contribution in [0.15, 0.2) is 30.6 Å². The van der Waals surface area contributed by atoms with Crippen LogP contribution in [0.3, 0.4) is 0 Å². The molecule has 1 fully saturated rings. The van der Waals surface area contributed by atoms with Crippen molar-refractivity contribution in [1.82, 2.24) is 19.6 Å². The van der Waals surface area contributed by atoms with Gasteiger partial charge in [0.25, 0.3) is 0 Å². The predicted octanol–water partition coefficient (Wildman–Crippen LogP) is 4.37. The lowest BCUT2D eigenvalue weighted by atomic mass is 9.83. The molecule has 0 spiro atoms. The Kier molecular flexibility index (Phi) is 7.63. The number of carbonyl (C=O) groups excluding carboxylic acids is 2. The van der Waals surface area contributed by atoms with E-state index in [9.17, 15) is 14.7 Å². The van der Waals surface area contributed by atoms with Gasteiger partial charge in [-0.15, -0.1) is 0 Å². The maximum Gasteiger partial charge on any atom is 0.415 e. The summed E-state index contributed by atoms with van der Waals surface area (Å²) in [5.41, 5.74) is 0.522. The van der Waals surface area contributed by atoms with E-state index in [1.807, 2.05) is 0 Å². The summed E-state index contributed by atoms with van der Waals surface area (Å²) in [5.74, 6) is 1.09. The number of hydrogen-bond acceptors (Lipinski definition) is 9. The quantitative estimate of drug-likeness (QED) is 0.445. The van der Waals surface area contributed by atoms with Crippen molar-refractivity contribution >= 4 is 34.8 Å². The number of fused-ring (bicyclic) bond motifs is 1. The van der Waals surface area contributed by atoms with E-state index in [1.54, 1.807) is 52.2 Å². The van der Waals surface area contributed by atoms with Gasteiger partial charge in [-0.25, -0.2) is 14.8 Å². The van der Waals surface area contributed by atoms with Gasteiger partial charge in [0.2, 0.25) is 5.88 Å². The Morgan fingerprint density at radius 2 is 2.08 bits per heavy atom. The van der Waals surface area contributed by atoms with E-state index in [0.29, 0.717) is 47.3 Å². The monoisotopic (exact) mass is 510 g/mol. The Morgan fingerprint density at radius 1 is 1.30 bits per heavy atom. The number of rotatable bonds is 7. The number of anilines is 3. The summed E-state index contributed by atoms with van der Waals surface area (Å²) in [7, 11) is 3.09. The molecule has 1 aliphatic carbocycles. The van der Waals surface area contributed by atoms with Gasteiger partial charge >= 0.3 is 6.09 Å². The number of ether oxygens (including phenoxy) is 2. The van der Waals surface area contributed by atoms with Gasteiger partial charge < -0.3 is 19.9 Å². The van der Waals surface area contributed by atoms with Gasteiger partial charge in [0.05, 0.1) is 25.0 Å². The Hall–Kier alpha value is -3.73. The lowest BCUT2D eigenvalue weighted by Crippen LogP contribution is -2.35. The van der Waals surface area contributed by atoms with Crippen LogP contribution >= 0.6 is 0 Å². The van der Waals surface area contributed by atoms with Crippen LogP contribution in [0, 0.1) is 5.92 Å². The molecule has 3 heterocycles. The van der Waals surface area contributed by atoms with Crippen molar-refractivity contribution in [1.29, 1.82) is 0 Å². The van der Waals surface area contributed by atoms with Crippen LogP contribution in [0.4, 0.5) is 22.1 Å². The van der Waals surface area contributed by atoms with E-state index >= 15 is 0 Å². The number of hydrogen-bond donors (Lipinski definition) is 2. The number of aliphatic hydroxyl groups is 1. The first-order valence-electron chi connectivity index (χ1n) is 12.4. The number of nitrogens with zero attached hydrogens (tertiary/aromatic N) is 5. The van der Waals surface area contributed by atoms with Crippen LogP contribution in [0.5, 0.6) is 5.88 Å². The largest absolute Gasteiger partial charge is 0.480 e. The highest BCUT2D eigenvalue weighted by atomic mass is 16.6. The van der Waals surface area contributed by atoms with Crippen LogP contribution in [-0.4, -0.2) is 62.4 Å². The van der Waals surface area contributed by atoms with Crippen LogP contribution in [0.1, 0.15) is 63.2 Å². The Balaban J connectivity index is 1.74. The van der Waals surface area contributed by atoms with Gasteiger partial charge in [-0.1, -0.05) is 6.42 Å². The average Bonchev–Trinajstić information content (AvgIpc) is 3.26. The summed E-state index contributed by atoms with van der Waals surface area (Å²) < 4.78 is 12.3. The maximum atomic E-state index is 13.3. The van der Waals surface area contributed by atoms with Gasteiger partial charge in [0.1, 0.15) is 22.9 Å². The summed E-state index contributed by atoms with van der Waals surface area (Å²) in [5, 5.41) is 17.6. The number of aromatic nitrogens is 4. The molecule has 11 nitrogen and oxygen atoms in total. The van der Waals surface area contributed by atoms with Crippen molar-refractivity contribution in [3.8, 4) is 5.88 Å². The zero-order chi connectivity index (χ0) is 26.7. The molecule has 0 aromatic carbocycles. The van der Waals surface area contributed by atoms with E-state index in [1.165, 1.54) is 22.7 Å². The summed E-state index contributed by atoms with van der Waals surface area (Å²) in [6, 6.07) is 5.18. The third-order valence-electron chi connectivity index (χ3n) is 6.22. The maximum absolute atomic E-state index is 13.3. The molecule has 0 saturated heterocycles. The molecule has 2 atom stereocenters. The zero-order valence-corrected chi connectivity index (χ0v) is 21.9. The van der Waals surface area contributed by atoms with Crippen molar-refractivity contribution in [3.63, 3.8) is 0 Å². The summed E-state index contributed by atoms with van der Waals surface area (Å²) in [6.45, 7) is 5.36. The van der Waals surface area contributed by atoms with Crippen molar-refractivity contribution in [2.45, 2.75) is 64.6 Å². The molecule has 1 saturated carbocycles. The number of carbonyl (C=O) groups is 2. The molecule has 1 aliphatic rings. The molecule has 0 radical (unpaired) electrons. The first-order valence-corrected chi connectivity index (χ1v) is 12.4. The number of ketones is 1. The third-order valence-corrected chi connectivity index (χ3v) is 6.22. The normalized spacial score (nSPS) is 17.9. The molecule has 198 valence electrons. The molecule has 0 bridgehead atoms. The highest BCUT2D eigenvalue weighted by molar-refractivity contribution is 6.02. The predicted molar refractivity (Wildman–Crippen MR) is 139 cm³/mol. The topological polar surface area (TPSA) is 131 Å². The van der Waals surface area contributed by atoms with Crippen LogP contribution in [-0.2, 0) is 4.74 Å². The van der Waals surface area contributed by atoms with Crippen molar-refractivity contribution in [2.75, 3.05) is 24.4 Å². The number of methoxy groups -OCH3 is 1. The molecular weight excluding hydrogens is 476 g/mol. The molecule has 3 aromatic heterocycles. The van der Waals surface area contributed by atoms with Gasteiger partial charge in [-0.2, -0.15) is 9.61 Å². The Bertz CT molecular complexity index is 1280. The van der Waals surface area contributed by atoms with Gasteiger partial charge in [0, 0.05) is 25.7 Å². The van der Waals surface area contributed by atoms with E-state index in [0.717, 1.165) is 19.3 Å². The molecule has 37 heavy (non-hydrogen) atoms. The van der Waals surface area contributed by atoms with Gasteiger partial charge in [-0.05, 0) is 58.1 Å². The number of aliphatic hydroxyl groups excluding tert-OH is 1. The molecule has 1 amide bonds. The number of nitrogens with one attached hydrogen (secondary N) is 1. The lowest BCUT2D eigenvalue weighted by molar-refractivity contribution is 0.0587. The van der Waals surface area contributed by atoms with Crippen LogP contribution in [0.25, 0.3) is 5.65 Å². The van der Waals surface area contributed by atoms with Crippen molar-refractivity contribution in [2.24, 2.45) is 5.92 Å². The summed E-state index contributed by atoms with van der Waals surface area (Å²) in [4.78, 5) is 36.4. The van der Waals surface area contributed by atoms with Gasteiger partial charge in [-0.3, -0.25) is 9.69 Å². The van der Waals surface area contributed by atoms with E-state index in [4.69, 9.17) is 9.47 Å². The number of Topliss-reactive ketones (excluding diaryl/α,β-unsaturated/α-hetero) is 1. The number of pyridine rings is 1. The molecule has 1 unspecified atom stereocenters. The second kappa shape index (κ2) is 10.7. The molecule has 2 N–H and O–H groups in total. The standard InChI is InChI=1S/C26H34N6O5/c1-26(2,3)37-25(35)31(4)22-14-21(29-19-10-7-11-27-24(19)36-5)30-23-18(15-28-32(22)23)20(34)13-16-8-6-9-17(33)12-16/h7,10-11,14-17,33H,6,8-9,12-13H2,1-5H3,(H,29,30)/t16?,17-/m0/s1. The highest BCUT2D eigenvalue weighted by Gasteiger charge is 2.27. The Morgan fingerprint density at radius 3 is 2.78 bits per heavy atom. The minimum atomic E-state index is -0.697. The highest BCUT2D eigenvalue weighted by Crippen LogP contribution is 2.31. The Labute approximate surface area is 215 Å². The van der Waals surface area contributed by atoms with Crippen LogP contribution in [0.2, 0.25) is 0 Å². The zero-order valence-electron chi connectivity index (χ0n) is 21.9. The van der Waals surface area contributed by atoms with Crippen LogP contribution < -0.4 is 15.0 Å². The third kappa shape index (κ3) is 6.16. The second-order valence-electron chi connectivity index (χ2n) is 10.3. The van der Waals surface area contributed by atoms with E-state index in [2.05, 4.69) is 20.4 Å². The molecule has 4 rings (SSSR count). The number of amides is 1. The second-order valence-corrected chi connectivity index (χ2v) is 10.3. The molecule has 3 aromatic rings. The smallest absolute Gasteiger partial charge is 0.415 e. The van der Waals surface area contributed by atoms with E-state index < -0.39 is 11.7 Å². The minimum Gasteiger partial charge on any atom is -0.480 e. The fourth-order valence-electron chi connectivity index (χ4n) is 4.48. The van der Waals surface area contributed by atoms with Crippen molar-refractivity contribution < 1.29 is 24.2 Å². The van der Waals surface area contributed by atoms with Gasteiger partial charge in [0.15, 0.2) is 11.4 Å². The first-order chi connectivity index (χ1) is 17.6. The van der Waals surface area contributed by atoms with Crippen molar-refractivity contribution in [3.05, 3.63) is 36.2 Å². The van der Waals surface area contributed by atoms with E-state index in [-0.39, 0.29) is 17.8 Å². The fraction of sp³-hybridized carbons (Fsp3) is 0.500. The molecule has 0 aliphatic heterocycles. The summed E-state index contributed by atoms with van der Waals surface area (Å²) >= 11 is 0. The minimum absolute atomic E-state index is 0.107. The molecular formula is C26H34N6O5. The molecule has 11 heteroatoms.